The maximum atomic E-state index is 12.4. The Bertz CT molecular complexity index is 1200. The molecule has 0 aliphatic heterocycles. The quantitative estimate of drug-likeness (QED) is 0.308. The number of nitriles is 1. The van der Waals surface area contributed by atoms with E-state index in [1.165, 1.54) is 6.08 Å². The van der Waals surface area contributed by atoms with Crippen LogP contribution in [-0.2, 0) is 11.4 Å². The number of anilines is 1. The fraction of sp³-hybridized carbons (Fsp3) is 0.0833. The Morgan fingerprint density at radius 2 is 1.84 bits per heavy atom. The van der Waals surface area contributed by atoms with Gasteiger partial charge in [-0.3, -0.25) is 4.79 Å². The fourth-order valence-electron chi connectivity index (χ4n) is 2.75. The highest BCUT2D eigenvalue weighted by atomic mass is 35.5. The van der Waals surface area contributed by atoms with Crippen molar-refractivity contribution in [3.8, 4) is 11.8 Å². The zero-order chi connectivity index (χ0) is 22.4. The summed E-state index contributed by atoms with van der Waals surface area (Å²) in [6, 6.07) is 19.5. The van der Waals surface area contributed by atoms with Crippen LogP contribution in [0.25, 0.3) is 6.08 Å². The van der Waals surface area contributed by atoms with Crippen molar-refractivity contribution in [1.29, 1.82) is 5.26 Å². The normalized spacial score (nSPS) is 11.0. The van der Waals surface area contributed by atoms with Crippen LogP contribution in [0.3, 0.4) is 0 Å². The van der Waals surface area contributed by atoms with E-state index >= 15 is 0 Å². The van der Waals surface area contributed by atoms with Crippen LogP contribution in [0.2, 0.25) is 15.1 Å². The molecule has 3 aromatic rings. The lowest BCUT2D eigenvalue weighted by Gasteiger charge is -2.10. The summed E-state index contributed by atoms with van der Waals surface area (Å²) >= 11 is 18.3. The van der Waals surface area contributed by atoms with Crippen molar-refractivity contribution in [3.05, 3.63) is 98.0 Å². The maximum absolute atomic E-state index is 12.4. The van der Waals surface area contributed by atoms with Gasteiger partial charge in [0.25, 0.3) is 5.91 Å². The van der Waals surface area contributed by atoms with Gasteiger partial charge in [0.15, 0.2) is 0 Å². The number of halogens is 3. The van der Waals surface area contributed by atoms with E-state index in [0.29, 0.717) is 32.1 Å². The number of benzene rings is 3. The van der Waals surface area contributed by atoms with Crippen molar-refractivity contribution in [2.24, 2.45) is 0 Å². The number of hydrogen-bond acceptors (Lipinski definition) is 3. The van der Waals surface area contributed by atoms with E-state index in [2.05, 4.69) is 5.32 Å². The number of amides is 1. The number of ether oxygens (including phenoxy) is 1. The summed E-state index contributed by atoms with van der Waals surface area (Å²) in [5.41, 5.74) is 3.03. The van der Waals surface area contributed by atoms with Gasteiger partial charge in [0, 0.05) is 5.69 Å². The third kappa shape index (κ3) is 6.26. The van der Waals surface area contributed by atoms with Gasteiger partial charge in [-0.05, 0) is 66.1 Å². The summed E-state index contributed by atoms with van der Waals surface area (Å²) < 4.78 is 5.74. The molecule has 31 heavy (non-hydrogen) atoms. The smallest absolute Gasteiger partial charge is 0.266 e. The molecule has 1 amide bonds. The van der Waals surface area contributed by atoms with Crippen molar-refractivity contribution in [3.63, 3.8) is 0 Å². The van der Waals surface area contributed by atoms with Crippen LogP contribution >= 0.6 is 34.8 Å². The summed E-state index contributed by atoms with van der Waals surface area (Å²) in [6.07, 6.45) is 1.47. The van der Waals surface area contributed by atoms with Gasteiger partial charge in [-0.15, -0.1) is 0 Å². The van der Waals surface area contributed by atoms with E-state index in [1.807, 2.05) is 37.3 Å². The van der Waals surface area contributed by atoms with Crippen LogP contribution in [0.4, 0.5) is 5.69 Å². The minimum Gasteiger partial charge on any atom is -0.487 e. The molecule has 0 aromatic heterocycles. The van der Waals surface area contributed by atoms with E-state index in [9.17, 15) is 10.1 Å². The zero-order valence-corrected chi connectivity index (χ0v) is 18.7. The van der Waals surface area contributed by atoms with E-state index < -0.39 is 5.91 Å². The SMILES string of the molecule is Cc1cccc(NC(=O)/C(C#N)=C/c2ccc(OCc3ccc(Cl)c(Cl)c3)c(Cl)c2)c1. The molecule has 0 heterocycles. The van der Waals surface area contributed by atoms with Crippen LogP contribution < -0.4 is 10.1 Å². The van der Waals surface area contributed by atoms with Crippen LogP contribution in [-0.4, -0.2) is 5.91 Å². The monoisotopic (exact) mass is 470 g/mol. The van der Waals surface area contributed by atoms with Gasteiger partial charge < -0.3 is 10.1 Å². The second kappa shape index (κ2) is 10.4. The second-order valence-electron chi connectivity index (χ2n) is 6.72. The van der Waals surface area contributed by atoms with Crippen molar-refractivity contribution < 1.29 is 9.53 Å². The molecule has 3 aromatic carbocycles. The molecule has 7 heteroatoms. The molecule has 0 unspecified atom stereocenters. The predicted molar refractivity (Wildman–Crippen MR) is 126 cm³/mol. The first kappa shape index (κ1) is 22.7. The summed E-state index contributed by atoms with van der Waals surface area (Å²) in [4.78, 5) is 12.4. The number of nitrogens with one attached hydrogen (secondary N) is 1. The Balaban J connectivity index is 1.71. The average molecular weight is 472 g/mol. The lowest BCUT2D eigenvalue weighted by molar-refractivity contribution is -0.112. The van der Waals surface area contributed by atoms with Crippen molar-refractivity contribution >= 4 is 52.5 Å². The molecule has 1 N–H and O–H groups in total. The minimum absolute atomic E-state index is 0.0398. The average Bonchev–Trinajstić information content (AvgIpc) is 2.73. The third-order valence-electron chi connectivity index (χ3n) is 4.29. The van der Waals surface area contributed by atoms with Crippen molar-refractivity contribution in [1.82, 2.24) is 0 Å². The van der Waals surface area contributed by atoms with Crippen LogP contribution in [0.1, 0.15) is 16.7 Å². The molecule has 4 nitrogen and oxygen atoms in total. The number of carbonyl (C=O) groups is 1. The molecule has 0 bridgehead atoms. The molecule has 0 saturated heterocycles. The van der Waals surface area contributed by atoms with Crippen molar-refractivity contribution in [2.75, 3.05) is 5.32 Å². The summed E-state index contributed by atoms with van der Waals surface area (Å²) in [5, 5.41) is 13.4. The molecule has 0 atom stereocenters. The standard InChI is InChI=1S/C24H17Cl3N2O2/c1-15-3-2-4-19(9-15)29-24(30)18(13-28)10-16-6-8-23(22(27)11-16)31-14-17-5-7-20(25)21(26)12-17/h2-12H,14H2,1H3,(H,29,30)/b18-10+. The maximum Gasteiger partial charge on any atom is 0.266 e. The molecule has 0 aliphatic rings. The highest BCUT2D eigenvalue weighted by Gasteiger charge is 2.11. The van der Waals surface area contributed by atoms with Crippen LogP contribution in [0.15, 0.2) is 66.2 Å². The van der Waals surface area contributed by atoms with Gasteiger partial charge in [-0.25, -0.2) is 0 Å². The molecule has 3 rings (SSSR count). The van der Waals surface area contributed by atoms with E-state index in [-0.39, 0.29) is 12.2 Å². The molecule has 0 aliphatic carbocycles. The molecular formula is C24H17Cl3N2O2. The molecule has 156 valence electrons. The number of hydrogen-bond donors (Lipinski definition) is 1. The first-order chi connectivity index (χ1) is 14.9. The first-order valence-electron chi connectivity index (χ1n) is 9.22. The number of aryl methyl sites for hydroxylation is 1. The van der Waals surface area contributed by atoms with Gasteiger partial charge in [0.05, 0.1) is 15.1 Å². The minimum atomic E-state index is -0.496. The number of carbonyl (C=O) groups excluding carboxylic acids is 1. The third-order valence-corrected chi connectivity index (χ3v) is 5.32. The second-order valence-corrected chi connectivity index (χ2v) is 7.94. The molecular weight excluding hydrogens is 455 g/mol. The van der Waals surface area contributed by atoms with E-state index in [1.54, 1.807) is 36.4 Å². The highest BCUT2D eigenvalue weighted by molar-refractivity contribution is 6.42. The Hall–Kier alpha value is -2.97. The van der Waals surface area contributed by atoms with E-state index in [4.69, 9.17) is 39.5 Å². The number of nitrogens with zero attached hydrogens (tertiary/aromatic N) is 1. The number of rotatable bonds is 6. The molecule has 0 fully saturated rings. The van der Waals surface area contributed by atoms with E-state index in [0.717, 1.165) is 11.1 Å². The van der Waals surface area contributed by atoms with Crippen LogP contribution in [0.5, 0.6) is 5.75 Å². The Morgan fingerprint density at radius 1 is 1.03 bits per heavy atom. The Labute approximate surface area is 195 Å². The summed E-state index contributed by atoms with van der Waals surface area (Å²) in [5.74, 6) is -0.0308. The summed E-state index contributed by atoms with van der Waals surface area (Å²) in [7, 11) is 0. The van der Waals surface area contributed by atoms with Gasteiger partial charge in [-0.2, -0.15) is 5.26 Å². The lowest BCUT2D eigenvalue weighted by Crippen LogP contribution is -2.13. The first-order valence-corrected chi connectivity index (χ1v) is 10.3. The largest absolute Gasteiger partial charge is 0.487 e. The zero-order valence-electron chi connectivity index (χ0n) is 16.5. The Kier molecular flexibility index (Phi) is 7.59. The van der Waals surface area contributed by atoms with Gasteiger partial charge >= 0.3 is 0 Å². The summed E-state index contributed by atoms with van der Waals surface area (Å²) in [6.45, 7) is 2.18. The lowest BCUT2D eigenvalue weighted by atomic mass is 10.1. The molecule has 0 spiro atoms. The van der Waals surface area contributed by atoms with Gasteiger partial charge in [0.1, 0.15) is 24.0 Å². The van der Waals surface area contributed by atoms with Crippen LogP contribution in [0, 0.1) is 18.3 Å². The van der Waals surface area contributed by atoms with Gasteiger partial charge in [0.2, 0.25) is 0 Å². The Morgan fingerprint density at radius 3 is 2.52 bits per heavy atom. The van der Waals surface area contributed by atoms with Gasteiger partial charge in [-0.1, -0.05) is 59.1 Å². The molecule has 0 radical (unpaired) electrons. The van der Waals surface area contributed by atoms with Crippen molar-refractivity contribution in [2.45, 2.75) is 13.5 Å². The topological polar surface area (TPSA) is 62.1 Å². The predicted octanol–water partition coefficient (Wildman–Crippen LogP) is 7.08. The molecule has 0 saturated carbocycles. The highest BCUT2D eigenvalue weighted by Crippen LogP contribution is 2.28. The fourth-order valence-corrected chi connectivity index (χ4v) is 3.32.